The molecule has 3 rings (SSSR count). The minimum Gasteiger partial charge on any atom is -0.467 e. The van der Waals surface area contributed by atoms with Crippen LogP contribution in [0.2, 0.25) is 0 Å². The number of aliphatic hydroxyl groups is 1. The Morgan fingerprint density at radius 3 is 2.52 bits per heavy atom. The van der Waals surface area contributed by atoms with E-state index in [2.05, 4.69) is 15.2 Å². The maximum Gasteiger partial charge on any atom is 0.335 e. The highest BCUT2D eigenvalue weighted by molar-refractivity contribution is 6.02. The van der Waals surface area contributed by atoms with Crippen molar-refractivity contribution in [1.82, 2.24) is 9.78 Å². The van der Waals surface area contributed by atoms with Gasteiger partial charge in [0.2, 0.25) is 5.91 Å². The minimum atomic E-state index is -1.23. The second-order valence-corrected chi connectivity index (χ2v) is 6.84. The van der Waals surface area contributed by atoms with Gasteiger partial charge in [-0.1, -0.05) is 12.1 Å². The van der Waals surface area contributed by atoms with Gasteiger partial charge in [-0.3, -0.25) is 9.48 Å². The zero-order chi connectivity index (χ0) is 22.4. The van der Waals surface area contributed by atoms with Crippen LogP contribution in [0.4, 0.5) is 10.1 Å². The Morgan fingerprint density at radius 2 is 1.87 bits per heavy atom. The number of aliphatic hydroxyl groups excluding tert-OH is 1. The van der Waals surface area contributed by atoms with E-state index in [1.165, 1.54) is 25.3 Å². The Kier molecular flexibility index (Phi) is 6.94. The van der Waals surface area contributed by atoms with E-state index in [-0.39, 0.29) is 18.1 Å². The van der Waals surface area contributed by atoms with Crippen LogP contribution in [0.3, 0.4) is 0 Å². The van der Waals surface area contributed by atoms with Gasteiger partial charge < -0.3 is 15.2 Å². The van der Waals surface area contributed by atoms with Gasteiger partial charge >= 0.3 is 5.97 Å². The van der Waals surface area contributed by atoms with Crippen molar-refractivity contribution in [3.63, 3.8) is 0 Å². The molecule has 0 saturated carbocycles. The van der Waals surface area contributed by atoms with Crippen LogP contribution >= 0.6 is 0 Å². The van der Waals surface area contributed by atoms with Gasteiger partial charge in [-0.25, -0.2) is 9.18 Å². The number of nitrogens with one attached hydrogen (secondary N) is 1. The standard InChI is InChI=1S/C23H22FN3O4/c1-27-22(16-5-8-18(24)9-6-16)17(14-25-27)7-12-21(29)26-19-10-3-15(4-11-19)13-20(28)23(30)31-2/h3-12,14,20,28H,13H2,1-2H3,(H,26,29). The summed E-state index contributed by atoms with van der Waals surface area (Å²) < 4.78 is 19.4. The molecule has 1 atom stereocenters. The molecule has 0 fully saturated rings. The summed E-state index contributed by atoms with van der Waals surface area (Å²) in [6, 6.07) is 12.8. The number of benzene rings is 2. The van der Waals surface area contributed by atoms with E-state index in [1.807, 2.05) is 0 Å². The molecule has 160 valence electrons. The number of methoxy groups -OCH3 is 1. The number of rotatable bonds is 7. The Balaban J connectivity index is 1.65. The van der Waals surface area contributed by atoms with Gasteiger partial charge in [-0.2, -0.15) is 5.10 Å². The zero-order valence-electron chi connectivity index (χ0n) is 17.1. The summed E-state index contributed by atoms with van der Waals surface area (Å²) in [4.78, 5) is 23.6. The molecule has 0 aliphatic carbocycles. The van der Waals surface area contributed by atoms with Crippen LogP contribution in [0, 0.1) is 5.82 Å². The molecule has 8 heteroatoms. The average molecular weight is 423 g/mol. The molecule has 0 radical (unpaired) electrons. The molecule has 3 aromatic rings. The lowest BCUT2D eigenvalue weighted by molar-refractivity contribution is -0.150. The summed E-state index contributed by atoms with van der Waals surface area (Å²) in [5.41, 5.74) is 3.56. The molecule has 31 heavy (non-hydrogen) atoms. The molecule has 0 spiro atoms. The average Bonchev–Trinajstić information content (AvgIpc) is 3.14. The van der Waals surface area contributed by atoms with Crippen LogP contribution < -0.4 is 5.32 Å². The van der Waals surface area contributed by atoms with Gasteiger partial charge in [0, 0.05) is 36.4 Å². The summed E-state index contributed by atoms with van der Waals surface area (Å²) in [5, 5.41) is 16.7. The molecule has 2 aromatic carbocycles. The summed E-state index contributed by atoms with van der Waals surface area (Å²) in [6.07, 6.45) is 3.54. The number of hydrogen-bond donors (Lipinski definition) is 2. The molecule has 1 amide bonds. The van der Waals surface area contributed by atoms with E-state index in [0.717, 1.165) is 22.4 Å². The zero-order valence-corrected chi connectivity index (χ0v) is 17.1. The number of ether oxygens (including phenoxy) is 1. The molecule has 0 saturated heterocycles. The highest BCUT2D eigenvalue weighted by Crippen LogP contribution is 2.24. The summed E-state index contributed by atoms with van der Waals surface area (Å²) in [7, 11) is 2.99. The molecular formula is C23H22FN3O4. The van der Waals surface area contributed by atoms with E-state index in [0.29, 0.717) is 5.69 Å². The van der Waals surface area contributed by atoms with Crippen LogP contribution in [-0.4, -0.2) is 40.0 Å². The fraction of sp³-hybridized carbons (Fsp3) is 0.174. The van der Waals surface area contributed by atoms with Crippen molar-refractivity contribution < 1.29 is 23.8 Å². The van der Waals surface area contributed by atoms with Gasteiger partial charge in [0.05, 0.1) is 19.0 Å². The van der Waals surface area contributed by atoms with Crippen molar-refractivity contribution in [2.24, 2.45) is 7.05 Å². The van der Waals surface area contributed by atoms with Crippen molar-refractivity contribution in [2.45, 2.75) is 12.5 Å². The second-order valence-electron chi connectivity index (χ2n) is 6.84. The lowest BCUT2D eigenvalue weighted by Gasteiger charge is -2.09. The van der Waals surface area contributed by atoms with Crippen molar-refractivity contribution in [3.8, 4) is 11.3 Å². The molecule has 0 aliphatic rings. The number of esters is 1. The SMILES string of the molecule is COC(=O)C(O)Cc1ccc(NC(=O)C=Cc2cnn(C)c2-c2ccc(F)cc2)cc1. The number of carbonyl (C=O) groups is 2. The molecule has 1 unspecified atom stereocenters. The summed E-state index contributed by atoms with van der Waals surface area (Å²) in [5.74, 6) is -1.36. The molecule has 1 aromatic heterocycles. The van der Waals surface area contributed by atoms with Crippen LogP contribution in [0.1, 0.15) is 11.1 Å². The predicted octanol–water partition coefficient (Wildman–Crippen LogP) is 2.95. The lowest BCUT2D eigenvalue weighted by Crippen LogP contribution is -2.24. The van der Waals surface area contributed by atoms with Gasteiger partial charge in [-0.15, -0.1) is 0 Å². The smallest absolute Gasteiger partial charge is 0.335 e. The number of anilines is 1. The number of hydrogen-bond acceptors (Lipinski definition) is 5. The first-order valence-electron chi connectivity index (χ1n) is 9.49. The lowest BCUT2D eigenvalue weighted by atomic mass is 10.1. The molecule has 2 N–H and O–H groups in total. The van der Waals surface area contributed by atoms with E-state index in [9.17, 15) is 19.1 Å². The van der Waals surface area contributed by atoms with Crippen molar-refractivity contribution in [3.05, 3.63) is 77.7 Å². The normalized spacial score (nSPS) is 12.0. The van der Waals surface area contributed by atoms with Crippen LogP contribution in [0.15, 0.2) is 60.8 Å². The number of carbonyl (C=O) groups excluding carboxylic acids is 2. The first kappa shape index (κ1) is 21.9. The molecule has 7 nitrogen and oxygen atoms in total. The van der Waals surface area contributed by atoms with Gasteiger partial charge in [-0.05, 0) is 48.0 Å². The van der Waals surface area contributed by atoms with Crippen LogP contribution in [0.25, 0.3) is 17.3 Å². The van der Waals surface area contributed by atoms with Crippen LogP contribution in [0.5, 0.6) is 0 Å². The first-order chi connectivity index (χ1) is 14.9. The second kappa shape index (κ2) is 9.82. The fourth-order valence-corrected chi connectivity index (χ4v) is 3.05. The van der Waals surface area contributed by atoms with E-state index >= 15 is 0 Å². The third-order valence-corrected chi connectivity index (χ3v) is 4.62. The molecule has 1 heterocycles. The number of amides is 1. The molecule has 0 aliphatic heterocycles. The highest BCUT2D eigenvalue weighted by atomic mass is 19.1. The van der Waals surface area contributed by atoms with Crippen molar-refractivity contribution in [1.29, 1.82) is 0 Å². The quantitative estimate of drug-likeness (QED) is 0.450. The maximum atomic E-state index is 13.2. The number of aromatic nitrogens is 2. The van der Waals surface area contributed by atoms with Crippen molar-refractivity contribution in [2.75, 3.05) is 12.4 Å². The molecular weight excluding hydrogens is 401 g/mol. The Morgan fingerprint density at radius 1 is 1.19 bits per heavy atom. The fourth-order valence-electron chi connectivity index (χ4n) is 3.05. The first-order valence-corrected chi connectivity index (χ1v) is 9.49. The Hall–Kier alpha value is -3.78. The topological polar surface area (TPSA) is 93.4 Å². The largest absolute Gasteiger partial charge is 0.467 e. The third kappa shape index (κ3) is 5.64. The number of nitrogens with zero attached hydrogens (tertiary/aromatic N) is 2. The van der Waals surface area contributed by atoms with Crippen molar-refractivity contribution >= 4 is 23.6 Å². The maximum absolute atomic E-state index is 13.2. The predicted molar refractivity (Wildman–Crippen MR) is 114 cm³/mol. The van der Waals surface area contributed by atoms with Gasteiger partial charge in [0.15, 0.2) is 6.10 Å². The third-order valence-electron chi connectivity index (χ3n) is 4.62. The van der Waals surface area contributed by atoms with E-state index in [1.54, 1.807) is 60.4 Å². The van der Waals surface area contributed by atoms with Gasteiger partial charge in [0.25, 0.3) is 0 Å². The summed E-state index contributed by atoms with van der Waals surface area (Å²) in [6.45, 7) is 0. The molecule has 0 bridgehead atoms. The number of halogens is 1. The minimum absolute atomic E-state index is 0.119. The highest BCUT2D eigenvalue weighted by Gasteiger charge is 2.15. The monoisotopic (exact) mass is 423 g/mol. The van der Waals surface area contributed by atoms with E-state index < -0.39 is 12.1 Å². The Bertz CT molecular complexity index is 1090. The van der Waals surface area contributed by atoms with Gasteiger partial charge in [0.1, 0.15) is 5.82 Å². The summed E-state index contributed by atoms with van der Waals surface area (Å²) >= 11 is 0. The Labute approximate surface area is 178 Å². The number of aryl methyl sites for hydroxylation is 1. The van der Waals surface area contributed by atoms with Crippen LogP contribution in [-0.2, 0) is 27.8 Å². The van der Waals surface area contributed by atoms with E-state index in [4.69, 9.17) is 0 Å².